The maximum atomic E-state index is 4.35. The van der Waals surface area contributed by atoms with Crippen LogP contribution in [0, 0.1) is 0 Å². The van der Waals surface area contributed by atoms with Crippen LogP contribution in [0.1, 0.15) is 29.5 Å². The van der Waals surface area contributed by atoms with Gasteiger partial charge in [-0.3, -0.25) is 4.98 Å². The van der Waals surface area contributed by atoms with Crippen LogP contribution in [0.3, 0.4) is 0 Å². The zero-order valence-corrected chi connectivity index (χ0v) is 12.3. The maximum absolute atomic E-state index is 4.35. The maximum Gasteiger partial charge on any atom is 0.0601 e. The normalized spacial score (nSPS) is 17.6. The smallest absolute Gasteiger partial charge is 0.0601 e. The van der Waals surface area contributed by atoms with Crippen molar-refractivity contribution < 1.29 is 0 Å². The molecule has 0 radical (unpaired) electrons. The average Bonchev–Trinajstić information content (AvgIpc) is 3.37. The fourth-order valence-electron chi connectivity index (χ4n) is 3.09. The lowest BCUT2D eigenvalue weighted by Crippen LogP contribution is -2.31. The van der Waals surface area contributed by atoms with Gasteiger partial charge in [0.1, 0.15) is 0 Å². The molecular weight excluding hydrogens is 258 g/mol. The van der Waals surface area contributed by atoms with Crippen molar-refractivity contribution in [2.75, 3.05) is 11.4 Å². The van der Waals surface area contributed by atoms with Crippen LogP contribution >= 0.6 is 0 Å². The van der Waals surface area contributed by atoms with Crippen molar-refractivity contribution in [3.8, 4) is 0 Å². The number of hydrogen-bond acceptors (Lipinski definition) is 3. The number of aromatic nitrogens is 1. The topological polar surface area (TPSA) is 28.2 Å². The van der Waals surface area contributed by atoms with E-state index in [4.69, 9.17) is 0 Å². The molecule has 2 aliphatic rings. The first-order valence-corrected chi connectivity index (χ1v) is 7.88. The zero-order valence-electron chi connectivity index (χ0n) is 12.3. The minimum Gasteiger partial charge on any atom is -0.365 e. The monoisotopic (exact) mass is 279 g/mol. The molecule has 4 rings (SSSR count). The van der Waals surface area contributed by atoms with Gasteiger partial charge in [0, 0.05) is 31.9 Å². The Hall–Kier alpha value is -1.87. The van der Waals surface area contributed by atoms with Gasteiger partial charge in [-0.05, 0) is 42.0 Å². The Morgan fingerprint density at radius 2 is 2.00 bits per heavy atom. The fraction of sp³-hybridized carbons (Fsp3) is 0.389. The fourth-order valence-corrected chi connectivity index (χ4v) is 3.09. The molecule has 2 heterocycles. The number of anilines is 1. The molecule has 3 heteroatoms. The summed E-state index contributed by atoms with van der Waals surface area (Å²) in [5, 5.41) is 3.62. The van der Waals surface area contributed by atoms with Crippen molar-refractivity contribution in [2.24, 2.45) is 0 Å². The van der Waals surface area contributed by atoms with Crippen LogP contribution in [0.5, 0.6) is 0 Å². The van der Waals surface area contributed by atoms with Crippen LogP contribution in [0.4, 0.5) is 5.69 Å². The molecule has 0 saturated heterocycles. The second kappa shape index (κ2) is 5.49. The molecule has 2 aromatic rings. The van der Waals surface area contributed by atoms with Crippen molar-refractivity contribution in [1.82, 2.24) is 10.3 Å². The molecule has 1 aromatic carbocycles. The van der Waals surface area contributed by atoms with Gasteiger partial charge in [-0.1, -0.05) is 24.3 Å². The molecule has 1 fully saturated rings. The number of hydrogen-bond donors (Lipinski definition) is 1. The quantitative estimate of drug-likeness (QED) is 0.932. The lowest BCUT2D eigenvalue weighted by molar-refractivity contribution is 0.674. The Bertz CT molecular complexity index is 634. The second-order valence-electron chi connectivity index (χ2n) is 6.10. The first-order chi connectivity index (χ1) is 10.4. The van der Waals surface area contributed by atoms with Crippen molar-refractivity contribution in [3.63, 3.8) is 0 Å². The zero-order chi connectivity index (χ0) is 14.1. The molecular formula is C18H21N3. The highest BCUT2D eigenvalue weighted by Crippen LogP contribution is 2.27. The molecule has 1 N–H and O–H groups in total. The van der Waals surface area contributed by atoms with Gasteiger partial charge in [0.25, 0.3) is 0 Å². The SMILES string of the molecule is c1ccc2c(c1)CCN(c1cnccc1CNC1CC1)C2. The van der Waals surface area contributed by atoms with Gasteiger partial charge in [-0.15, -0.1) is 0 Å². The summed E-state index contributed by atoms with van der Waals surface area (Å²) >= 11 is 0. The summed E-state index contributed by atoms with van der Waals surface area (Å²) in [5.74, 6) is 0. The Morgan fingerprint density at radius 1 is 1.14 bits per heavy atom. The molecule has 21 heavy (non-hydrogen) atoms. The third kappa shape index (κ3) is 2.79. The predicted molar refractivity (Wildman–Crippen MR) is 85.3 cm³/mol. The number of fused-ring (bicyclic) bond motifs is 1. The minimum absolute atomic E-state index is 0.744. The van der Waals surface area contributed by atoms with E-state index in [-0.39, 0.29) is 0 Å². The van der Waals surface area contributed by atoms with Gasteiger partial charge in [-0.2, -0.15) is 0 Å². The van der Waals surface area contributed by atoms with Gasteiger partial charge in [0.15, 0.2) is 0 Å². The first kappa shape index (κ1) is 12.8. The number of rotatable bonds is 4. The van der Waals surface area contributed by atoms with Crippen molar-refractivity contribution >= 4 is 5.69 Å². The van der Waals surface area contributed by atoms with Crippen molar-refractivity contribution in [2.45, 2.75) is 38.4 Å². The van der Waals surface area contributed by atoms with Crippen molar-refractivity contribution in [1.29, 1.82) is 0 Å². The summed E-state index contributed by atoms with van der Waals surface area (Å²) in [6, 6.07) is 11.7. The highest BCUT2D eigenvalue weighted by molar-refractivity contribution is 5.54. The molecule has 1 aromatic heterocycles. The summed E-state index contributed by atoms with van der Waals surface area (Å²) in [7, 11) is 0. The number of pyridine rings is 1. The van der Waals surface area contributed by atoms with E-state index in [9.17, 15) is 0 Å². The molecule has 0 atom stereocenters. The van der Waals surface area contributed by atoms with E-state index in [1.807, 2.05) is 12.4 Å². The Labute approximate surface area is 126 Å². The summed E-state index contributed by atoms with van der Waals surface area (Å²) in [4.78, 5) is 6.82. The van der Waals surface area contributed by atoms with Crippen molar-refractivity contribution in [3.05, 3.63) is 59.4 Å². The average molecular weight is 279 g/mol. The number of nitrogens with zero attached hydrogens (tertiary/aromatic N) is 2. The Balaban J connectivity index is 1.56. The van der Waals surface area contributed by atoms with E-state index < -0.39 is 0 Å². The van der Waals surface area contributed by atoms with E-state index in [0.717, 1.165) is 32.1 Å². The van der Waals surface area contributed by atoms with Crippen LogP contribution in [0.25, 0.3) is 0 Å². The molecule has 108 valence electrons. The molecule has 0 bridgehead atoms. The molecule has 0 amide bonds. The van der Waals surface area contributed by atoms with Gasteiger partial charge in [0.2, 0.25) is 0 Å². The third-order valence-corrected chi connectivity index (χ3v) is 4.52. The van der Waals surface area contributed by atoms with Gasteiger partial charge in [0.05, 0.1) is 11.9 Å². The summed E-state index contributed by atoms with van der Waals surface area (Å²) in [6.07, 6.45) is 7.72. The van der Waals surface area contributed by atoms with E-state index in [1.165, 1.54) is 35.2 Å². The summed E-state index contributed by atoms with van der Waals surface area (Å²) in [6.45, 7) is 3.04. The highest BCUT2D eigenvalue weighted by Gasteiger charge is 2.22. The molecule has 3 nitrogen and oxygen atoms in total. The van der Waals surface area contributed by atoms with Crippen LogP contribution in [-0.4, -0.2) is 17.6 Å². The highest BCUT2D eigenvalue weighted by atomic mass is 15.1. The second-order valence-corrected chi connectivity index (χ2v) is 6.10. The number of nitrogens with one attached hydrogen (secondary N) is 1. The van der Waals surface area contributed by atoms with Gasteiger partial charge in [-0.25, -0.2) is 0 Å². The lowest BCUT2D eigenvalue weighted by atomic mass is 9.99. The minimum atomic E-state index is 0.744. The third-order valence-electron chi connectivity index (χ3n) is 4.52. The molecule has 0 spiro atoms. The Kier molecular flexibility index (Phi) is 3.36. The van der Waals surface area contributed by atoms with E-state index in [1.54, 1.807) is 0 Å². The lowest BCUT2D eigenvalue weighted by Gasteiger charge is -2.32. The molecule has 0 unspecified atom stereocenters. The largest absolute Gasteiger partial charge is 0.365 e. The molecule has 1 aliphatic carbocycles. The van der Waals surface area contributed by atoms with Crippen LogP contribution in [-0.2, 0) is 19.5 Å². The van der Waals surface area contributed by atoms with E-state index in [2.05, 4.69) is 45.5 Å². The summed E-state index contributed by atoms with van der Waals surface area (Å²) < 4.78 is 0. The van der Waals surface area contributed by atoms with Crippen LogP contribution in [0.2, 0.25) is 0 Å². The van der Waals surface area contributed by atoms with Gasteiger partial charge < -0.3 is 10.2 Å². The standard InChI is InChI=1S/C18H21N3/c1-2-4-16-13-21(10-8-14(16)3-1)18-12-19-9-7-15(18)11-20-17-5-6-17/h1-4,7,9,12,17,20H,5-6,8,10-11,13H2. The molecule has 1 saturated carbocycles. The predicted octanol–water partition coefficient (Wildman–Crippen LogP) is 2.90. The van der Waals surface area contributed by atoms with Gasteiger partial charge >= 0.3 is 0 Å². The van der Waals surface area contributed by atoms with Crippen LogP contribution in [0.15, 0.2) is 42.7 Å². The first-order valence-electron chi connectivity index (χ1n) is 7.88. The molecule has 1 aliphatic heterocycles. The number of benzene rings is 1. The van der Waals surface area contributed by atoms with Crippen LogP contribution < -0.4 is 10.2 Å². The van der Waals surface area contributed by atoms with E-state index in [0.29, 0.717) is 0 Å². The summed E-state index contributed by atoms with van der Waals surface area (Å²) in [5.41, 5.74) is 5.61. The van der Waals surface area contributed by atoms with E-state index >= 15 is 0 Å². The Morgan fingerprint density at radius 3 is 2.86 bits per heavy atom.